The smallest absolute Gasteiger partial charge is 0.289 e. The van der Waals surface area contributed by atoms with E-state index in [1.165, 1.54) is 0 Å². The summed E-state index contributed by atoms with van der Waals surface area (Å²) in [6, 6.07) is 0. The highest BCUT2D eigenvalue weighted by molar-refractivity contribution is 7.93. The van der Waals surface area contributed by atoms with Gasteiger partial charge < -0.3 is 0 Å². The molecule has 1 aliphatic carbocycles. The molecule has 1 rings (SSSR count). The molecule has 0 saturated heterocycles. The molecule has 0 heterocycles. The number of rotatable bonds is 7. The van der Waals surface area contributed by atoms with Crippen LogP contribution in [0.25, 0.3) is 4.85 Å². The van der Waals surface area contributed by atoms with Gasteiger partial charge in [0.2, 0.25) is 15.6 Å². The Labute approximate surface area is 144 Å². The molecule has 138 valence electrons. The molecule has 1 N–H and O–H groups in total. The van der Waals surface area contributed by atoms with Gasteiger partial charge in [0, 0.05) is 5.92 Å². The molecule has 0 aromatic rings. The Hall–Kier alpha value is -0.980. The molecule has 0 aromatic carbocycles. The minimum absolute atomic E-state index is 0.0357. The first-order chi connectivity index (χ1) is 10.9. The molecule has 0 aliphatic heterocycles. The summed E-state index contributed by atoms with van der Waals surface area (Å²) in [5, 5.41) is -1.68. The predicted molar refractivity (Wildman–Crippen MR) is 92.1 cm³/mol. The molecule has 0 radical (unpaired) electrons. The van der Waals surface area contributed by atoms with Crippen molar-refractivity contribution in [3.63, 3.8) is 0 Å². The van der Waals surface area contributed by atoms with E-state index in [-0.39, 0.29) is 18.3 Å². The Kier molecular flexibility index (Phi) is 6.96. The second kappa shape index (κ2) is 7.93. The molecule has 9 heteroatoms. The van der Waals surface area contributed by atoms with Crippen LogP contribution in [-0.4, -0.2) is 44.1 Å². The highest BCUT2D eigenvalue weighted by Gasteiger charge is 2.48. The van der Waals surface area contributed by atoms with E-state index in [9.17, 15) is 21.6 Å². The minimum Gasteiger partial charge on any atom is -0.289 e. The van der Waals surface area contributed by atoms with Crippen molar-refractivity contribution < 1.29 is 26.2 Å². The number of sulfone groups is 1. The van der Waals surface area contributed by atoms with Gasteiger partial charge in [0.05, 0.1) is 11.5 Å². The maximum absolute atomic E-state index is 12.7. The molecule has 0 amide bonds. The normalized spacial score (nSPS) is 29.6. The van der Waals surface area contributed by atoms with Gasteiger partial charge in [0.25, 0.3) is 16.7 Å². The number of ketones is 1. The van der Waals surface area contributed by atoms with Crippen LogP contribution in [0.3, 0.4) is 0 Å². The van der Waals surface area contributed by atoms with Crippen molar-refractivity contribution in [3.05, 3.63) is 4.85 Å². The molecule has 7 nitrogen and oxygen atoms in total. The van der Waals surface area contributed by atoms with Crippen molar-refractivity contribution in [2.75, 3.05) is 11.5 Å². The maximum atomic E-state index is 12.7. The van der Waals surface area contributed by atoms with Crippen LogP contribution in [0.2, 0.25) is 0 Å². The molecule has 0 aromatic heterocycles. The van der Waals surface area contributed by atoms with Crippen molar-refractivity contribution >= 4 is 25.7 Å². The van der Waals surface area contributed by atoms with E-state index >= 15 is 0 Å². The number of hydrogen-bond acceptors (Lipinski definition) is 5. The molecule has 3 atom stereocenters. The average molecular weight is 381 g/mol. The summed E-state index contributed by atoms with van der Waals surface area (Å²) >= 11 is 0. The zero-order chi connectivity index (χ0) is 18.7. The Bertz CT molecular complexity index is 695. The maximum Gasteiger partial charge on any atom is 0.425 e. The largest absolute Gasteiger partial charge is 0.425 e. The Balaban J connectivity index is 2.91. The summed E-state index contributed by atoms with van der Waals surface area (Å²) in [6.07, 6.45) is 1.36. The van der Waals surface area contributed by atoms with Gasteiger partial charge in [-0.05, 0) is 37.0 Å². The second-order valence-electron chi connectivity index (χ2n) is 6.97. The number of hydrogen-bond donors (Lipinski definition) is 1. The third-order valence-electron chi connectivity index (χ3n) is 4.65. The van der Waals surface area contributed by atoms with Gasteiger partial charge in [-0.2, -0.15) is 8.42 Å². The van der Waals surface area contributed by atoms with E-state index in [1.807, 2.05) is 13.8 Å². The van der Waals surface area contributed by atoms with E-state index in [1.54, 1.807) is 0 Å². The molecule has 1 saturated carbocycles. The Morgan fingerprint density at radius 2 is 1.62 bits per heavy atom. The molecule has 1 aliphatic rings. The lowest BCUT2D eigenvalue weighted by atomic mass is 9.68. The average Bonchev–Trinajstić information content (AvgIpc) is 2.35. The third-order valence-corrected chi connectivity index (χ3v) is 7.35. The lowest BCUT2D eigenvalue weighted by molar-refractivity contribution is -0.126. The van der Waals surface area contributed by atoms with Crippen molar-refractivity contribution in [1.82, 2.24) is 0 Å². The lowest BCUT2D eigenvalue weighted by Gasteiger charge is -2.36. The monoisotopic (exact) mass is 380 g/mol. The van der Waals surface area contributed by atoms with Crippen LogP contribution in [0, 0.1) is 30.2 Å². The molecule has 1 fully saturated rings. The highest BCUT2D eigenvalue weighted by atomic mass is 32.2. The fraction of sp³-hybridized carbons (Fsp3) is 0.867. The number of Topliss-reactive ketones (excluding diaryl/α,β-unsaturated/α-hetero) is 1. The van der Waals surface area contributed by atoms with E-state index in [0.717, 1.165) is 12.8 Å². The Morgan fingerprint density at radius 3 is 2.04 bits per heavy atom. The summed E-state index contributed by atoms with van der Waals surface area (Å²) in [5.74, 6) is -1.67. The fourth-order valence-corrected chi connectivity index (χ4v) is 6.00. The van der Waals surface area contributed by atoms with Crippen LogP contribution in [0.5, 0.6) is 0 Å². The molecule has 24 heavy (non-hydrogen) atoms. The molecule has 3 unspecified atom stereocenters. The van der Waals surface area contributed by atoms with Gasteiger partial charge in [0.15, 0.2) is 0 Å². The van der Waals surface area contributed by atoms with Crippen LogP contribution in [0.1, 0.15) is 40.0 Å². The van der Waals surface area contributed by atoms with Crippen molar-refractivity contribution in [2.24, 2.45) is 23.7 Å². The van der Waals surface area contributed by atoms with Gasteiger partial charge in [-0.15, -0.1) is 0 Å². The van der Waals surface area contributed by atoms with Gasteiger partial charge >= 0.3 is 5.37 Å². The zero-order valence-corrected chi connectivity index (χ0v) is 15.9. The van der Waals surface area contributed by atoms with Crippen LogP contribution < -0.4 is 0 Å². The van der Waals surface area contributed by atoms with Crippen molar-refractivity contribution in [3.8, 4) is 6.57 Å². The van der Waals surface area contributed by atoms with Crippen LogP contribution in [0.4, 0.5) is 0 Å². The van der Waals surface area contributed by atoms with E-state index in [4.69, 9.17) is 11.1 Å². The Morgan fingerprint density at radius 1 is 1.12 bits per heavy atom. The third kappa shape index (κ3) is 5.53. The predicted octanol–water partition coefficient (Wildman–Crippen LogP) is 1.86. The standard InChI is InChI=1S/C15H25NO6S2/c1-10-8-11(2)13(12(3)9-10)14(17)15(16-4)23(18,19)6-5-7-24(20,21)22/h4,10-13,15H,5-9H2,1-3H3/p+1. The van der Waals surface area contributed by atoms with E-state index in [2.05, 4.69) is 11.8 Å². The van der Waals surface area contributed by atoms with Gasteiger partial charge in [-0.25, -0.2) is 8.42 Å². The van der Waals surface area contributed by atoms with Crippen molar-refractivity contribution in [2.45, 2.75) is 45.4 Å². The second-order valence-corrected chi connectivity index (χ2v) is 10.7. The zero-order valence-electron chi connectivity index (χ0n) is 14.3. The molecule has 0 bridgehead atoms. The van der Waals surface area contributed by atoms with Gasteiger partial charge in [0.1, 0.15) is 0 Å². The summed E-state index contributed by atoms with van der Waals surface area (Å²) in [5.41, 5.74) is 0. The first kappa shape index (κ1) is 21.1. The van der Waals surface area contributed by atoms with E-state index < -0.39 is 48.5 Å². The van der Waals surface area contributed by atoms with E-state index in [0.29, 0.717) is 5.92 Å². The minimum atomic E-state index is -4.25. The molecule has 0 spiro atoms. The first-order valence-electron chi connectivity index (χ1n) is 7.99. The highest BCUT2D eigenvalue weighted by Crippen LogP contribution is 2.39. The SMILES string of the molecule is C#[N+]C(C(=O)C1C(C)CC(C)CC1C)S(=O)(=O)CCCS(=O)(=O)O. The topological polar surface area (TPSA) is 110 Å². The molecular weight excluding hydrogens is 354 g/mol. The summed E-state index contributed by atoms with van der Waals surface area (Å²) < 4.78 is 54.8. The summed E-state index contributed by atoms with van der Waals surface area (Å²) in [4.78, 5) is 16.0. The lowest BCUT2D eigenvalue weighted by Crippen LogP contribution is -2.42. The molecular formula is C15H26NO6S2+. The van der Waals surface area contributed by atoms with Crippen LogP contribution in [-0.2, 0) is 24.7 Å². The number of carbonyl (C=O) groups excluding carboxylic acids is 1. The van der Waals surface area contributed by atoms with Crippen LogP contribution >= 0.6 is 0 Å². The van der Waals surface area contributed by atoms with Crippen molar-refractivity contribution in [1.29, 1.82) is 0 Å². The number of carbonyl (C=O) groups is 1. The van der Waals surface area contributed by atoms with Gasteiger partial charge in [-0.1, -0.05) is 25.6 Å². The van der Waals surface area contributed by atoms with Gasteiger partial charge in [-0.3, -0.25) is 9.35 Å². The summed E-state index contributed by atoms with van der Waals surface area (Å²) in [7, 11) is -8.28. The number of nitrogens with zero attached hydrogens (tertiary/aromatic N) is 1. The van der Waals surface area contributed by atoms with Crippen LogP contribution in [0.15, 0.2) is 0 Å². The fourth-order valence-electron chi connectivity index (χ4n) is 3.84. The first-order valence-corrected chi connectivity index (χ1v) is 11.3. The summed E-state index contributed by atoms with van der Waals surface area (Å²) in [6.45, 7) is 11.1. The quantitative estimate of drug-likeness (QED) is 0.675.